The first-order chi connectivity index (χ1) is 8.76. The molecule has 1 atom stereocenters. The van der Waals surface area contributed by atoms with Crippen molar-refractivity contribution in [1.82, 2.24) is 14.5 Å². The topological polar surface area (TPSA) is 47.4 Å². The van der Waals surface area contributed by atoms with E-state index in [0.29, 0.717) is 0 Å². The van der Waals surface area contributed by atoms with E-state index in [1.807, 2.05) is 12.5 Å². The van der Waals surface area contributed by atoms with Crippen molar-refractivity contribution >= 4 is 5.97 Å². The number of aromatic nitrogens is 2. The van der Waals surface area contributed by atoms with E-state index in [4.69, 9.17) is 4.74 Å². The highest BCUT2D eigenvalue weighted by atomic mass is 16.5. The third kappa shape index (κ3) is 2.72. The number of piperidine rings is 1. The van der Waals surface area contributed by atoms with Crippen LogP contribution in [0.25, 0.3) is 0 Å². The Hall–Kier alpha value is -1.36. The number of ether oxygens (including phenoxy) is 1. The van der Waals surface area contributed by atoms with Gasteiger partial charge in [-0.3, -0.25) is 9.69 Å². The quantitative estimate of drug-likeness (QED) is 0.760. The van der Waals surface area contributed by atoms with Crippen molar-refractivity contribution in [2.75, 3.05) is 13.7 Å². The van der Waals surface area contributed by atoms with Crippen LogP contribution in [0.1, 0.15) is 31.9 Å². The second-order valence-corrected chi connectivity index (χ2v) is 4.68. The lowest BCUT2D eigenvalue weighted by molar-refractivity contribution is -0.148. The van der Waals surface area contributed by atoms with Crippen LogP contribution in [0.15, 0.2) is 12.5 Å². The van der Waals surface area contributed by atoms with Gasteiger partial charge in [-0.1, -0.05) is 6.42 Å². The molecule has 2 rings (SSSR count). The first-order valence-corrected chi connectivity index (χ1v) is 6.57. The number of imidazole rings is 1. The molecule has 1 aromatic heterocycles. The highest BCUT2D eigenvalue weighted by Crippen LogP contribution is 2.20. The number of methoxy groups -OCH3 is 1. The fourth-order valence-corrected chi connectivity index (χ4v) is 2.56. The second-order valence-electron chi connectivity index (χ2n) is 4.68. The molecule has 5 nitrogen and oxygen atoms in total. The summed E-state index contributed by atoms with van der Waals surface area (Å²) in [5, 5.41) is 0. The molecule has 1 fully saturated rings. The summed E-state index contributed by atoms with van der Waals surface area (Å²) in [4.78, 5) is 18.1. The van der Waals surface area contributed by atoms with E-state index in [0.717, 1.165) is 44.6 Å². The molecule has 0 bridgehead atoms. The Kier molecular flexibility index (Phi) is 4.36. The normalized spacial score (nSPS) is 20.9. The van der Waals surface area contributed by atoms with Gasteiger partial charge in [0, 0.05) is 19.3 Å². The molecule has 0 N–H and O–H groups in total. The van der Waals surface area contributed by atoms with Crippen LogP contribution in [0.5, 0.6) is 0 Å². The molecule has 1 aromatic rings. The number of esters is 1. The zero-order valence-corrected chi connectivity index (χ0v) is 11.1. The van der Waals surface area contributed by atoms with Gasteiger partial charge in [0.05, 0.1) is 19.1 Å². The Morgan fingerprint density at radius 2 is 2.39 bits per heavy atom. The van der Waals surface area contributed by atoms with Crippen LogP contribution in [0.2, 0.25) is 0 Å². The van der Waals surface area contributed by atoms with Gasteiger partial charge in [0.25, 0.3) is 0 Å². The fraction of sp³-hybridized carbons (Fsp3) is 0.692. The number of carbonyl (C=O) groups excluding carboxylic acids is 1. The van der Waals surface area contributed by atoms with Crippen LogP contribution in [0.3, 0.4) is 0 Å². The summed E-state index contributed by atoms with van der Waals surface area (Å²) in [6.07, 6.45) is 6.86. The maximum Gasteiger partial charge on any atom is 0.323 e. The maximum atomic E-state index is 11.8. The molecular weight excluding hydrogens is 230 g/mol. The third-order valence-corrected chi connectivity index (χ3v) is 3.59. The number of rotatable bonds is 4. The molecule has 1 aliphatic rings. The summed E-state index contributed by atoms with van der Waals surface area (Å²) in [6.45, 7) is 4.73. The van der Waals surface area contributed by atoms with Crippen molar-refractivity contribution in [2.45, 2.75) is 45.3 Å². The van der Waals surface area contributed by atoms with Crippen LogP contribution in [-0.4, -0.2) is 40.1 Å². The van der Waals surface area contributed by atoms with Gasteiger partial charge in [-0.2, -0.15) is 0 Å². The van der Waals surface area contributed by atoms with Crippen molar-refractivity contribution in [3.63, 3.8) is 0 Å². The van der Waals surface area contributed by atoms with Crippen LogP contribution in [0.4, 0.5) is 0 Å². The van der Waals surface area contributed by atoms with Crippen molar-refractivity contribution in [3.05, 3.63) is 18.2 Å². The highest BCUT2D eigenvalue weighted by molar-refractivity contribution is 5.75. The van der Waals surface area contributed by atoms with E-state index in [9.17, 15) is 4.79 Å². The molecule has 1 aliphatic heterocycles. The number of hydrogen-bond donors (Lipinski definition) is 0. The molecule has 1 saturated heterocycles. The summed E-state index contributed by atoms with van der Waals surface area (Å²) in [7, 11) is 1.46. The largest absolute Gasteiger partial charge is 0.468 e. The average molecular weight is 251 g/mol. The van der Waals surface area contributed by atoms with Crippen molar-refractivity contribution < 1.29 is 9.53 Å². The molecule has 0 amide bonds. The van der Waals surface area contributed by atoms with Gasteiger partial charge in [-0.15, -0.1) is 0 Å². The molecule has 5 heteroatoms. The minimum atomic E-state index is -0.114. The van der Waals surface area contributed by atoms with Crippen molar-refractivity contribution in [1.29, 1.82) is 0 Å². The molecule has 0 aromatic carbocycles. The Balaban J connectivity index is 2.08. The first kappa shape index (κ1) is 13.1. The standard InChI is InChI=1S/C13H21N3O2/c1-3-15-10-14-8-11(15)9-16-7-5-4-6-12(16)13(17)18-2/h8,10,12H,3-7,9H2,1-2H3/t12-/m1/s1. The Morgan fingerprint density at radius 3 is 3.11 bits per heavy atom. The number of nitrogens with zero attached hydrogens (tertiary/aromatic N) is 3. The number of hydrogen-bond acceptors (Lipinski definition) is 4. The van der Waals surface area contributed by atoms with Crippen molar-refractivity contribution in [3.8, 4) is 0 Å². The lowest BCUT2D eigenvalue weighted by Crippen LogP contribution is -2.44. The molecular formula is C13H21N3O2. The summed E-state index contributed by atoms with van der Waals surface area (Å²) in [6, 6.07) is -0.0936. The van der Waals surface area contributed by atoms with Gasteiger partial charge in [0.1, 0.15) is 6.04 Å². The minimum absolute atomic E-state index is 0.0936. The number of likely N-dealkylation sites (tertiary alicyclic amines) is 1. The molecule has 0 aliphatic carbocycles. The zero-order valence-electron chi connectivity index (χ0n) is 11.1. The zero-order chi connectivity index (χ0) is 13.0. The predicted molar refractivity (Wildman–Crippen MR) is 68.0 cm³/mol. The van der Waals surface area contributed by atoms with Gasteiger partial charge < -0.3 is 9.30 Å². The third-order valence-electron chi connectivity index (χ3n) is 3.59. The lowest BCUT2D eigenvalue weighted by atomic mass is 10.0. The average Bonchev–Trinajstić information content (AvgIpc) is 2.86. The van der Waals surface area contributed by atoms with E-state index in [2.05, 4.69) is 21.4 Å². The van der Waals surface area contributed by atoms with Gasteiger partial charge in [0.15, 0.2) is 0 Å². The smallest absolute Gasteiger partial charge is 0.323 e. The second kappa shape index (κ2) is 6.00. The molecule has 18 heavy (non-hydrogen) atoms. The molecule has 0 saturated carbocycles. The minimum Gasteiger partial charge on any atom is -0.468 e. The maximum absolute atomic E-state index is 11.8. The van der Waals surface area contributed by atoms with Crippen LogP contribution >= 0.6 is 0 Å². The monoisotopic (exact) mass is 251 g/mol. The number of carbonyl (C=O) groups is 1. The summed E-state index contributed by atoms with van der Waals surface area (Å²) in [5.41, 5.74) is 1.16. The lowest BCUT2D eigenvalue weighted by Gasteiger charge is -2.33. The predicted octanol–water partition coefficient (Wildman–Crippen LogP) is 1.43. The van der Waals surface area contributed by atoms with E-state index < -0.39 is 0 Å². The molecule has 100 valence electrons. The number of aryl methyl sites for hydroxylation is 1. The van der Waals surface area contributed by atoms with Gasteiger partial charge in [-0.25, -0.2) is 4.98 Å². The molecule has 0 spiro atoms. The molecule has 0 unspecified atom stereocenters. The van der Waals surface area contributed by atoms with Gasteiger partial charge in [0.2, 0.25) is 0 Å². The van der Waals surface area contributed by atoms with E-state index in [1.54, 1.807) is 0 Å². The Bertz CT molecular complexity index is 403. The fourth-order valence-electron chi connectivity index (χ4n) is 2.56. The van der Waals surface area contributed by atoms with Gasteiger partial charge in [-0.05, 0) is 26.3 Å². The van der Waals surface area contributed by atoms with Gasteiger partial charge >= 0.3 is 5.97 Å². The van der Waals surface area contributed by atoms with E-state index >= 15 is 0 Å². The van der Waals surface area contributed by atoms with Crippen LogP contribution in [0, 0.1) is 0 Å². The van der Waals surface area contributed by atoms with E-state index in [-0.39, 0.29) is 12.0 Å². The highest BCUT2D eigenvalue weighted by Gasteiger charge is 2.29. The van der Waals surface area contributed by atoms with Crippen molar-refractivity contribution in [2.24, 2.45) is 0 Å². The molecule has 2 heterocycles. The SMILES string of the molecule is CCn1cncc1CN1CCCC[C@@H]1C(=O)OC. The van der Waals surface area contributed by atoms with Crippen LogP contribution < -0.4 is 0 Å². The van der Waals surface area contributed by atoms with Crippen LogP contribution in [-0.2, 0) is 22.6 Å². The summed E-state index contributed by atoms with van der Waals surface area (Å²) < 4.78 is 7.01. The summed E-state index contributed by atoms with van der Waals surface area (Å²) in [5.74, 6) is -0.114. The van der Waals surface area contributed by atoms with E-state index in [1.165, 1.54) is 7.11 Å². The Labute approximate surface area is 108 Å². The Morgan fingerprint density at radius 1 is 1.56 bits per heavy atom. The summed E-state index contributed by atoms with van der Waals surface area (Å²) >= 11 is 0. The molecule has 0 radical (unpaired) electrons. The first-order valence-electron chi connectivity index (χ1n) is 6.57.